The third-order valence-electron chi connectivity index (χ3n) is 3.75. The molecule has 0 unspecified atom stereocenters. The second kappa shape index (κ2) is 8.51. The van der Waals surface area contributed by atoms with Crippen molar-refractivity contribution in [1.82, 2.24) is 20.3 Å². The zero-order valence-electron chi connectivity index (χ0n) is 14.8. The minimum atomic E-state index is -0.480. The van der Waals surface area contributed by atoms with Crippen LogP contribution in [0.5, 0.6) is 0 Å². The number of halogens is 2. The highest BCUT2D eigenvalue weighted by molar-refractivity contribution is 9.10. The number of hydrogen-bond donors (Lipinski definition) is 2. The van der Waals surface area contributed by atoms with E-state index in [1.54, 1.807) is 12.1 Å². The third-order valence-corrected chi connectivity index (χ3v) is 4.92. The fourth-order valence-electron chi connectivity index (χ4n) is 2.42. The van der Waals surface area contributed by atoms with E-state index in [1.807, 2.05) is 24.3 Å². The van der Waals surface area contributed by atoms with E-state index in [0.717, 1.165) is 10.2 Å². The maximum Gasteiger partial charge on any atom is 0.284 e. The number of benzene rings is 2. The smallest absolute Gasteiger partial charge is 0.284 e. The first-order valence-corrected chi connectivity index (χ1v) is 9.84. The highest BCUT2D eigenvalue weighted by atomic mass is 79.9. The Morgan fingerprint density at radius 2 is 1.83 bits per heavy atom. The van der Waals surface area contributed by atoms with Gasteiger partial charge < -0.3 is 5.32 Å². The van der Waals surface area contributed by atoms with Gasteiger partial charge in [0.25, 0.3) is 5.69 Å². The summed E-state index contributed by atoms with van der Waals surface area (Å²) in [5.74, 6) is 0.608. The Balaban J connectivity index is 1.62. The molecule has 0 saturated heterocycles. The zero-order valence-corrected chi connectivity index (χ0v) is 18.0. The van der Waals surface area contributed by atoms with Crippen LogP contribution in [0.4, 0.5) is 23.0 Å². The van der Waals surface area contributed by atoms with Crippen LogP contribution in [0.3, 0.4) is 0 Å². The first-order valence-electron chi connectivity index (χ1n) is 8.25. The summed E-state index contributed by atoms with van der Waals surface area (Å²) in [4.78, 5) is 19.2. The summed E-state index contributed by atoms with van der Waals surface area (Å²) >= 11 is 6.56. The molecule has 13 heteroatoms. The normalized spacial score (nSPS) is 11.1. The minimum absolute atomic E-state index is 0.0640. The standard InChI is InChI=1S/C17H10Br2N8O3/c18-10-2-1-3-11(7-10)21-14-15(23-17-16(22-14)25-30-26-17)24-20-8-9-4-5-12(19)13(6-9)27(28)29/h1-8H,(H,21,22,25)(H,23,24,26)/b20-8-. The van der Waals surface area contributed by atoms with E-state index in [0.29, 0.717) is 15.9 Å². The van der Waals surface area contributed by atoms with E-state index in [9.17, 15) is 10.1 Å². The van der Waals surface area contributed by atoms with Gasteiger partial charge in [-0.05, 0) is 50.5 Å². The lowest BCUT2D eigenvalue weighted by Crippen LogP contribution is -2.03. The summed E-state index contributed by atoms with van der Waals surface area (Å²) < 4.78 is 5.94. The zero-order chi connectivity index (χ0) is 21.1. The van der Waals surface area contributed by atoms with Gasteiger partial charge in [0.1, 0.15) is 0 Å². The number of anilines is 3. The number of nitro groups is 1. The lowest BCUT2D eigenvalue weighted by molar-refractivity contribution is -0.385. The SMILES string of the molecule is O=[N+]([O-])c1cc(/C=N\Nc2nc3nonc3nc2Nc2cccc(Br)c2)ccc1Br. The van der Waals surface area contributed by atoms with Crippen LogP contribution in [-0.2, 0) is 0 Å². The number of hydrazone groups is 1. The lowest BCUT2D eigenvalue weighted by atomic mass is 10.2. The summed E-state index contributed by atoms with van der Waals surface area (Å²) in [5, 5.41) is 25.7. The van der Waals surface area contributed by atoms with Gasteiger partial charge in [-0.3, -0.25) is 15.5 Å². The molecule has 0 atom stereocenters. The lowest BCUT2D eigenvalue weighted by Gasteiger charge is -2.09. The predicted octanol–water partition coefficient (Wildman–Crippen LogP) is 4.64. The number of nitrogens with one attached hydrogen (secondary N) is 2. The largest absolute Gasteiger partial charge is 0.337 e. The van der Waals surface area contributed by atoms with E-state index in [-0.39, 0.29) is 22.8 Å². The van der Waals surface area contributed by atoms with Gasteiger partial charge >= 0.3 is 0 Å². The molecule has 2 heterocycles. The van der Waals surface area contributed by atoms with Crippen LogP contribution in [-0.4, -0.2) is 31.4 Å². The van der Waals surface area contributed by atoms with Gasteiger partial charge in [-0.1, -0.05) is 28.1 Å². The van der Waals surface area contributed by atoms with Gasteiger partial charge in [-0.25, -0.2) is 9.61 Å². The van der Waals surface area contributed by atoms with Crippen molar-refractivity contribution in [3.8, 4) is 0 Å². The van der Waals surface area contributed by atoms with Crippen molar-refractivity contribution in [2.75, 3.05) is 10.7 Å². The second-order valence-corrected chi connectivity index (χ2v) is 7.58. The van der Waals surface area contributed by atoms with Crippen molar-refractivity contribution in [2.24, 2.45) is 5.10 Å². The molecule has 150 valence electrons. The van der Waals surface area contributed by atoms with Crippen molar-refractivity contribution in [1.29, 1.82) is 0 Å². The summed E-state index contributed by atoms with van der Waals surface area (Å²) in [6.07, 6.45) is 1.43. The van der Waals surface area contributed by atoms with E-state index in [2.05, 4.69) is 72.6 Å². The molecule has 2 aromatic carbocycles. The average Bonchev–Trinajstić information content (AvgIpc) is 3.16. The number of nitro benzene ring substituents is 1. The molecule has 0 aliphatic rings. The number of fused-ring (bicyclic) bond motifs is 1. The molecule has 0 aliphatic carbocycles. The van der Waals surface area contributed by atoms with E-state index in [4.69, 9.17) is 0 Å². The average molecular weight is 534 g/mol. The molecule has 0 radical (unpaired) electrons. The van der Waals surface area contributed by atoms with E-state index < -0.39 is 4.92 Å². The Hall–Kier alpha value is -3.45. The quantitative estimate of drug-likeness (QED) is 0.206. The maximum atomic E-state index is 11.1. The minimum Gasteiger partial charge on any atom is -0.337 e. The summed E-state index contributed by atoms with van der Waals surface area (Å²) in [6, 6.07) is 12.1. The van der Waals surface area contributed by atoms with Crippen LogP contribution < -0.4 is 10.7 Å². The highest BCUT2D eigenvalue weighted by Crippen LogP contribution is 2.26. The van der Waals surface area contributed by atoms with Crippen molar-refractivity contribution in [3.63, 3.8) is 0 Å². The molecule has 2 aromatic heterocycles. The third kappa shape index (κ3) is 4.41. The van der Waals surface area contributed by atoms with Crippen molar-refractivity contribution >= 4 is 72.4 Å². The predicted molar refractivity (Wildman–Crippen MR) is 117 cm³/mol. The monoisotopic (exact) mass is 532 g/mol. The van der Waals surface area contributed by atoms with Gasteiger partial charge in [0, 0.05) is 21.8 Å². The van der Waals surface area contributed by atoms with Gasteiger partial charge in [0.2, 0.25) is 11.3 Å². The van der Waals surface area contributed by atoms with Crippen LogP contribution in [0.15, 0.2) is 61.1 Å². The Labute approximate surface area is 185 Å². The summed E-state index contributed by atoms with van der Waals surface area (Å²) in [5.41, 5.74) is 4.42. The van der Waals surface area contributed by atoms with Crippen LogP contribution in [0.1, 0.15) is 5.56 Å². The molecule has 0 bridgehead atoms. The molecule has 0 saturated carbocycles. The van der Waals surface area contributed by atoms with E-state index in [1.165, 1.54) is 12.3 Å². The van der Waals surface area contributed by atoms with Crippen molar-refractivity contribution in [3.05, 3.63) is 67.1 Å². The van der Waals surface area contributed by atoms with Gasteiger partial charge in [-0.2, -0.15) is 10.1 Å². The molecule has 30 heavy (non-hydrogen) atoms. The van der Waals surface area contributed by atoms with Gasteiger partial charge in [0.15, 0.2) is 11.6 Å². The first-order chi connectivity index (χ1) is 14.5. The number of rotatable bonds is 6. The van der Waals surface area contributed by atoms with Gasteiger partial charge in [-0.15, -0.1) is 0 Å². The number of aromatic nitrogens is 4. The van der Waals surface area contributed by atoms with Crippen molar-refractivity contribution in [2.45, 2.75) is 0 Å². The Morgan fingerprint density at radius 1 is 1.07 bits per heavy atom. The molecule has 4 aromatic rings. The molecular weight excluding hydrogens is 524 g/mol. The topological polar surface area (TPSA) is 144 Å². The number of hydrogen-bond acceptors (Lipinski definition) is 10. The van der Waals surface area contributed by atoms with Crippen LogP contribution in [0.25, 0.3) is 11.3 Å². The van der Waals surface area contributed by atoms with Crippen LogP contribution in [0.2, 0.25) is 0 Å². The molecule has 0 amide bonds. The van der Waals surface area contributed by atoms with Crippen LogP contribution in [0, 0.1) is 10.1 Å². The molecule has 0 spiro atoms. The Bertz CT molecular complexity index is 1280. The van der Waals surface area contributed by atoms with Crippen LogP contribution >= 0.6 is 31.9 Å². The van der Waals surface area contributed by atoms with E-state index >= 15 is 0 Å². The first kappa shape index (κ1) is 19.8. The van der Waals surface area contributed by atoms with Gasteiger partial charge in [0.05, 0.1) is 15.6 Å². The molecule has 2 N–H and O–H groups in total. The van der Waals surface area contributed by atoms with Crippen molar-refractivity contribution < 1.29 is 9.55 Å². The molecular formula is C17H10Br2N8O3. The Morgan fingerprint density at radius 3 is 2.57 bits per heavy atom. The number of nitrogens with zero attached hydrogens (tertiary/aromatic N) is 6. The Kier molecular flexibility index (Phi) is 5.63. The molecule has 4 rings (SSSR count). The summed E-state index contributed by atoms with van der Waals surface area (Å²) in [7, 11) is 0. The second-order valence-electron chi connectivity index (χ2n) is 5.81. The summed E-state index contributed by atoms with van der Waals surface area (Å²) in [6.45, 7) is 0. The fourth-order valence-corrected chi connectivity index (χ4v) is 3.21. The highest BCUT2D eigenvalue weighted by Gasteiger charge is 2.14. The fraction of sp³-hybridized carbons (Fsp3) is 0. The molecule has 0 aliphatic heterocycles. The maximum absolute atomic E-state index is 11.1. The molecule has 0 fully saturated rings. The molecule has 11 nitrogen and oxygen atoms in total.